The van der Waals surface area contributed by atoms with Crippen LogP contribution < -0.4 is 10.3 Å². The predicted octanol–water partition coefficient (Wildman–Crippen LogP) is -1.37. The molecule has 17 heavy (non-hydrogen) atoms. The fraction of sp³-hybridized carbons (Fsp3) is 0.333. The zero-order valence-corrected chi connectivity index (χ0v) is 10.3. The van der Waals surface area contributed by atoms with Gasteiger partial charge in [-0.1, -0.05) is 4.98 Å². The van der Waals surface area contributed by atoms with Crippen molar-refractivity contribution in [2.75, 3.05) is 5.73 Å². The summed E-state index contributed by atoms with van der Waals surface area (Å²) in [4.78, 5) is 39.3. The fourth-order valence-corrected chi connectivity index (χ4v) is 3.50. The van der Waals surface area contributed by atoms with E-state index in [1.54, 1.807) is 0 Å². The summed E-state index contributed by atoms with van der Waals surface area (Å²) in [6.07, 6.45) is 2.66. The first-order valence-corrected chi connectivity index (χ1v) is 7.69. The minimum atomic E-state index is -4.95. The van der Waals surface area contributed by atoms with Crippen molar-refractivity contribution in [1.29, 1.82) is 0 Å². The van der Waals surface area contributed by atoms with Gasteiger partial charge in [0.2, 0.25) is 0 Å². The van der Waals surface area contributed by atoms with Gasteiger partial charge in [-0.2, -0.15) is 0 Å². The Morgan fingerprint density at radius 1 is 1.29 bits per heavy atom. The van der Waals surface area contributed by atoms with Gasteiger partial charge in [0.1, 0.15) is 6.20 Å². The lowest BCUT2D eigenvalue weighted by Crippen LogP contribution is -2.42. The van der Waals surface area contributed by atoms with E-state index < -0.39 is 27.1 Å². The van der Waals surface area contributed by atoms with Crippen molar-refractivity contribution in [2.45, 2.75) is 11.9 Å². The summed E-state index contributed by atoms with van der Waals surface area (Å²) in [7, 11) is -9.90. The number of nitrogen functional groups attached to an aromatic ring is 1. The van der Waals surface area contributed by atoms with Gasteiger partial charge in [0.15, 0.2) is 5.40 Å². The van der Waals surface area contributed by atoms with Crippen molar-refractivity contribution < 1.29 is 33.3 Å². The van der Waals surface area contributed by atoms with E-state index in [4.69, 9.17) is 25.3 Å². The Labute approximate surface area is 96.3 Å². The van der Waals surface area contributed by atoms with Crippen LogP contribution in [0.15, 0.2) is 18.5 Å². The van der Waals surface area contributed by atoms with Gasteiger partial charge in [0.25, 0.3) is 0 Å². The summed E-state index contributed by atoms with van der Waals surface area (Å²) in [5, 5.41) is -2.13. The highest BCUT2D eigenvalue weighted by atomic mass is 31.2. The van der Waals surface area contributed by atoms with Crippen LogP contribution in [0.1, 0.15) is 0 Å². The van der Waals surface area contributed by atoms with Crippen LogP contribution in [0.25, 0.3) is 0 Å². The third-order valence-electron chi connectivity index (χ3n) is 1.99. The molecule has 0 amide bonds. The van der Waals surface area contributed by atoms with Gasteiger partial charge in [0.05, 0.1) is 12.7 Å². The molecule has 0 atom stereocenters. The Hall–Kier alpha value is -0.820. The van der Waals surface area contributed by atoms with E-state index in [1.807, 2.05) is 0 Å². The molecule has 0 saturated carbocycles. The van der Waals surface area contributed by atoms with Crippen LogP contribution in [0.5, 0.6) is 0 Å². The SMILES string of the molecule is Nc1nccc[n+]1CC(P(=O)(O)O)P(=O)(O)O. The van der Waals surface area contributed by atoms with E-state index in [0.717, 1.165) is 4.57 Å². The fourth-order valence-electron chi connectivity index (χ4n) is 1.15. The predicted molar refractivity (Wildman–Crippen MR) is 56.7 cm³/mol. The Kier molecular flexibility index (Phi) is 4.03. The second-order valence-corrected chi connectivity index (χ2v) is 7.30. The number of nitrogens with two attached hydrogens (primary N) is 1. The molecule has 9 nitrogen and oxygen atoms in total. The van der Waals surface area contributed by atoms with Crippen LogP contribution in [0.2, 0.25) is 0 Å². The third-order valence-corrected chi connectivity index (χ3v) is 5.67. The van der Waals surface area contributed by atoms with Crippen LogP contribution in [0.4, 0.5) is 5.95 Å². The molecule has 0 unspecified atom stereocenters. The summed E-state index contributed by atoms with van der Waals surface area (Å²) in [5.74, 6) is -0.0978. The van der Waals surface area contributed by atoms with E-state index >= 15 is 0 Å². The molecule has 11 heteroatoms. The summed E-state index contributed by atoms with van der Waals surface area (Å²) in [6, 6.07) is 1.42. The monoisotopic (exact) mass is 284 g/mol. The maximum absolute atomic E-state index is 11.0. The molecule has 1 heterocycles. The van der Waals surface area contributed by atoms with Crippen molar-refractivity contribution >= 4 is 21.1 Å². The van der Waals surface area contributed by atoms with Crippen molar-refractivity contribution in [3.63, 3.8) is 0 Å². The van der Waals surface area contributed by atoms with E-state index in [2.05, 4.69) is 4.98 Å². The maximum Gasteiger partial charge on any atom is 0.389 e. The first kappa shape index (κ1) is 14.2. The third kappa shape index (κ3) is 3.85. The number of aromatic nitrogens is 2. The quantitative estimate of drug-likeness (QED) is 0.334. The average molecular weight is 284 g/mol. The lowest BCUT2D eigenvalue weighted by Gasteiger charge is -2.18. The minimum Gasteiger partial charge on any atom is -0.324 e. The Bertz CT molecular complexity index is 474. The number of nitrogens with zero attached hydrogens (tertiary/aromatic N) is 2. The minimum absolute atomic E-state index is 0.0978. The van der Waals surface area contributed by atoms with Crippen LogP contribution in [0, 0.1) is 0 Å². The van der Waals surface area contributed by atoms with E-state index in [9.17, 15) is 9.13 Å². The molecular weight excluding hydrogens is 272 g/mol. The highest BCUT2D eigenvalue weighted by Crippen LogP contribution is 2.59. The first-order valence-electron chi connectivity index (χ1n) is 4.32. The molecule has 0 saturated heterocycles. The number of anilines is 1. The average Bonchev–Trinajstić information content (AvgIpc) is 2.12. The van der Waals surface area contributed by atoms with Crippen molar-refractivity contribution in [3.8, 4) is 0 Å². The lowest BCUT2D eigenvalue weighted by atomic mass is 10.6. The van der Waals surface area contributed by atoms with Crippen LogP contribution >= 0.6 is 15.2 Å². The lowest BCUT2D eigenvalue weighted by molar-refractivity contribution is -0.682. The zero-order chi connectivity index (χ0) is 13.3. The molecule has 0 bridgehead atoms. The zero-order valence-electron chi connectivity index (χ0n) is 8.49. The normalized spacial score (nSPS) is 13.0. The molecule has 0 aliphatic heterocycles. The number of rotatable bonds is 4. The second-order valence-electron chi connectivity index (χ2n) is 3.29. The molecule has 1 aromatic heterocycles. The number of hydrogen-bond donors (Lipinski definition) is 5. The molecule has 0 radical (unpaired) electrons. The molecule has 0 aliphatic rings. The van der Waals surface area contributed by atoms with Gasteiger partial charge >= 0.3 is 21.1 Å². The molecular formula is C6H12N3O6P2+. The second kappa shape index (κ2) is 4.81. The smallest absolute Gasteiger partial charge is 0.324 e. The molecule has 0 fully saturated rings. The van der Waals surface area contributed by atoms with E-state index in [-0.39, 0.29) is 5.95 Å². The van der Waals surface area contributed by atoms with Gasteiger partial charge < -0.3 is 19.6 Å². The molecule has 0 aromatic carbocycles. The number of hydrogen-bond acceptors (Lipinski definition) is 4. The van der Waals surface area contributed by atoms with Crippen LogP contribution in [-0.4, -0.2) is 30.0 Å². The van der Waals surface area contributed by atoms with Gasteiger partial charge in [-0.25, -0.2) is 4.57 Å². The molecule has 96 valence electrons. The molecule has 0 aliphatic carbocycles. The standard InChI is InChI=1S/C6H11N3O6P2/c7-6-8-2-1-3-9(6)4-5(16(10,11)12)17(13,14)15/h1-3,5,7H,4H2,(H4,10,11,12,13,14,15)/p+1. The summed E-state index contributed by atoms with van der Waals surface area (Å²) >= 11 is 0. The highest BCUT2D eigenvalue weighted by molar-refractivity contribution is 7.70. The van der Waals surface area contributed by atoms with Gasteiger partial charge in [-0.05, 0) is 0 Å². The van der Waals surface area contributed by atoms with Gasteiger partial charge in [0, 0.05) is 6.07 Å². The molecule has 1 rings (SSSR count). The van der Waals surface area contributed by atoms with Crippen molar-refractivity contribution in [1.82, 2.24) is 4.98 Å². The van der Waals surface area contributed by atoms with E-state index in [0.29, 0.717) is 0 Å². The van der Waals surface area contributed by atoms with Crippen LogP contribution in [0.3, 0.4) is 0 Å². The van der Waals surface area contributed by atoms with Gasteiger partial charge in [-0.3, -0.25) is 14.9 Å². The Morgan fingerprint density at radius 3 is 2.24 bits per heavy atom. The largest absolute Gasteiger partial charge is 0.389 e. The summed E-state index contributed by atoms with van der Waals surface area (Å²) in [5.41, 5.74) is 5.40. The molecule has 0 spiro atoms. The van der Waals surface area contributed by atoms with E-state index in [1.165, 1.54) is 18.5 Å². The maximum atomic E-state index is 11.0. The highest BCUT2D eigenvalue weighted by Gasteiger charge is 2.44. The topological polar surface area (TPSA) is 158 Å². The van der Waals surface area contributed by atoms with Gasteiger partial charge in [-0.15, -0.1) is 0 Å². The van der Waals surface area contributed by atoms with Crippen LogP contribution in [-0.2, 0) is 15.7 Å². The molecule has 6 N–H and O–H groups in total. The van der Waals surface area contributed by atoms with Crippen molar-refractivity contribution in [2.24, 2.45) is 0 Å². The van der Waals surface area contributed by atoms with Crippen molar-refractivity contribution in [3.05, 3.63) is 18.5 Å². The Balaban J connectivity index is 3.09. The summed E-state index contributed by atoms with van der Waals surface area (Å²) < 4.78 is 23.1. The summed E-state index contributed by atoms with van der Waals surface area (Å²) in [6.45, 7) is -0.617. The molecule has 1 aromatic rings. The Morgan fingerprint density at radius 2 is 1.82 bits per heavy atom. The first-order chi connectivity index (χ1) is 7.62.